The molecule has 1 amide bonds. The first kappa shape index (κ1) is 11.9. The maximum Gasteiger partial charge on any atom is 0.224 e. The van der Waals surface area contributed by atoms with E-state index < -0.39 is 0 Å². The monoisotopic (exact) mass is 266 g/mol. The van der Waals surface area contributed by atoms with Gasteiger partial charge >= 0.3 is 0 Å². The molecular formula is C12H18N4OS. The van der Waals surface area contributed by atoms with Gasteiger partial charge in [0.15, 0.2) is 0 Å². The second-order valence-electron chi connectivity index (χ2n) is 5.00. The number of carbonyl (C=O) groups is 1. The van der Waals surface area contributed by atoms with E-state index in [1.165, 1.54) is 24.4 Å². The number of nitrogens with zero attached hydrogens (tertiary/aromatic N) is 3. The predicted molar refractivity (Wildman–Crippen MR) is 70.8 cm³/mol. The number of nitrogens with one attached hydrogen (secondary N) is 1. The summed E-state index contributed by atoms with van der Waals surface area (Å²) in [6.07, 6.45) is 5.31. The van der Waals surface area contributed by atoms with Crippen LogP contribution < -0.4 is 5.32 Å². The lowest BCUT2D eigenvalue weighted by Crippen LogP contribution is -2.29. The maximum absolute atomic E-state index is 11.8. The lowest BCUT2D eigenvalue weighted by Gasteiger charge is -2.14. The van der Waals surface area contributed by atoms with E-state index in [1.807, 2.05) is 4.90 Å². The van der Waals surface area contributed by atoms with Crippen LogP contribution in [0.5, 0.6) is 0 Å². The van der Waals surface area contributed by atoms with Gasteiger partial charge in [0.1, 0.15) is 5.82 Å². The van der Waals surface area contributed by atoms with E-state index in [2.05, 4.69) is 14.7 Å². The first-order chi connectivity index (χ1) is 8.83. The number of anilines is 1. The van der Waals surface area contributed by atoms with Gasteiger partial charge in [0, 0.05) is 43.5 Å². The molecule has 1 aromatic rings. The van der Waals surface area contributed by atoms with E-state index in [0.29, 0.717) is 18.9 Å². The minimum absolute atomic E-state index is 0.256. The molecule has 1 aromatic heterocycles. The molecule has 2 aliphatic rings. The van der Waals surface area contributed by atoms with E-state index in [-0.39, 0.29) is 5.91 Å². The van der Waals surface area contributed by atoms with Crippen LogP contribution in [-0.2, 0) is 4.79 Å². The SMILES string of the molecule is O=C(CCNc1nc(C2CC2)ns1)N1CCCC1. The summed E-state index contributed by atoms with van der Waals surface area (Å²) in [4.78, 5) is 18.2. The number of hydrogen-bond acceptors (Lipinski definition) is 5. The number of carbonyl (C=O) groups excluding carboxylic acids is 1. The molecule has 1 aliphatic heterocycles. The van der Waals surface area contributed by atoms with Gasteiger partial charge in [0.2, 0.25) is 11.0 Å². The molecule has 18 heavy (non-hydrogen) atoms. The van der Waals surface area contributed by atoms with Crippen molar-refractivity contribution in [2.45, 2.75) is 38.0 Å². The Balaban J connectivity index is 1.41. The summed E-state index contributed by atoms with van der Waals surface area (Å²) in [5.41, 5.74) is 0. The van der Waals surface area contributed by atoms with Crippen molar-refractivity contribution >= 4 is 22.6 Å². The van der Waals surface area contributed by atoms with Gasteiger partial charge in [-0.05, 0) is 25.7 Å². The van der Waals surface area contributed by atoms with Crippen molar-refractivity contribution in [1.82, 2.24) is 14.3 Å². The van der Waals surface area contributed by atoms with Crippen LogP contribution in [0.4, 0.5) is 5.13 Å². The molecular weight excluding hydrogens is 248 g/mol. The normalized spacial score (nSPS) is 19.2. The quantitative estimate of drug-likeness (QED) is 0.883. The van der Waals surface area contributed by atoms with Crippen LogP contribution >= 0.6 is 11.5 Å². The van der Waals surface area contributed by atoms with Crippen LogP contribution in [0.3, 0.4) is 0 Å². The first-order valence-corrected chi connectivity index (χ1v) is 7.45. The molecule has 0 bridgehead atoms. The summed E-state index contributed by atoms with van der Waals surface area (Å²) < 4.78 is 4.33. The Morgan fingerprint density at radius 1 is 1.39 bits per heavy atom. The Bertz CT molecular complexity index is 423. The highest BCUT2D eigenvalue weighted by molar-refractivity contribution is 7.09. The molecule has 0 aromatic carbocycles. The fraction of sp³-hybridized carbons (Fsp3) is 0.750. The molecule has 1 saturated carbocycles. The Labute approximate surface area is 111 Å². The molecule has 0 atom stereocenters. The highest BCUT2D eigenvalue weighted by atomic mass is 32.1. The molecule has 5 nitrogen and oxygen atoms in total. The van der Waals surface area contributed by atoms with Crippen molar-refractivity contribution in [3.8, 4) is 0 Å². The number of likely N-dealkylation sites (tertiary alicyclic amines) is 1. The molecule has 1 aliphatic carbocycles. The summed E-state index contributed by atoms with van der Waals surface area (Å²) in [5.74, 6) is 1.84. The topological polar surface area (TPSA) is 58.1 Å². The van der Waals surface area contributed by atoms with Crippen molar-refractivity contribution in [2.24, 2.45) is 0 Å². The van der Waals surface area contributed by atoms with Gasteiger partial charge in [0.05, 0.1) is 0 Å². The summed E-state index contributed by atoms with van der Waals surface area (Å²) in [7, 11) is 0. The molecule has 0 unspecified atom stereocenters. The Hall–Kier alpha value is -1.17. The van der Waals surface area contributed by atoms with E-state index in [4.69, 9.17) is 0 Å². The largest absolute Gasteiger partial charge is 0.360 e. The van der Waals surface area contributed by atoms with Crippen molar-refractivity contribution in [1.29, 1.82) is 0 Å². The minimum Gasteiger partial charge on any atom is -0.360 e. The van der Waals surface area contributed by atoms with Crippen LogP contribution in [0.1, 0.15) is 43.8 Å². The van der Waals surface area contributed by atoms with E-state index >= 15 is 0 Å². The highest BCUT2D eigenvalue weighted by Gasteiger charge is 2.27. The zero-order chi connectivity index (χ0) is 12.4. The fourth-order valence-corrected chi connectivity index (χ4v) is 2.89. The Kier molecular flexibility index (Phi) is 3.45. The Morgan fingerprint density at radius 2 is 2.17 bits per heavy atom. The van der Waals surface area contributed by atoms with Crippen LogP contribution in [-0.4, -0.2) is 39.8 Å². The van der Waals surface area contributed by atoms with E-state index in [0.717, 1.165) is 36.9 Å². The second kappa shape index (κ2) is 5.22. The maximum atomic E-state index is 11.8. The molecule has 2 fully saturated rings. The van der Waals surface area contributed by atoms with Gasteiger partial charge in [-0.15, -0.1) is 0 Å². The van der Waals surface area contributed by atoms with Crippen LogP contribution in [0.2, 0.25) is 0 Å². The summed E-state index contributed by atoms with van der Waals surface area (Å²) in [6.45, 7) is 2.53. The third kappa shape index (κ3) is 2.80. The minimum atomic E-state index is 0.256. The zero-order valence-electron chi connectivity index (χ0n) is 10.4. The average Bonchev–Trinajstić information content (AvgIpc) is 2.92. The zero-order valence-corrected chi connectivity index (χ0v) is 11.2. The lowest BCUT2D eigenvalue weighted by atomic mass is 10.3. The van der Waals surface area contributed by atoms with E-state index in [9.17, 15) is 4.79 Å². The fourth-order valence-electron chi connectivity index (χ4n) is 2.22. The van der Waals surface area contributed by atoms with Gasteiger partial charge in [-0.2, -0.15) is 4.37 Å². The molecule has 6 heteroatoms. The number of hydrogen-bond donors (Lipinski definition) is 1. The lowest BCUT2D eigenvalue weighted by molar-refractivity contribution is -0.129. The van der Waals surface area contributed by atoms with Crippen LogP contribution in [0.15, 0.2) is 0 Å². The van der Waals surface area contributed by atoms with Crippen molar-refractivity contribution < 1.29 is 4.79 Å². The van der Waals surface area contributed by atoms with E-state index in [1.54, 1.807) is 0 Å². The average molecular weight is 266 g/mol. The van der Waals surface area contributed by atoms with Crippen molar-refractivity contribution in [3.05, 3.63) is 5.82 Å². The van der Waals surface area contributed by atoms with Crippen molar-refractivity contribution in [2.75, 3.05) is 25.0 Å². The third-order valence-electron chi connectivity index (χ3n) is 3.46. The van der Waals surface area contributed by atoms with Gasteiger partial charge in [-0.25, -0.2) is 4.98 Å². The van der Waals surface area contributed by atoms with Crippen molar-refractivity contribution in [3.63, 3.8) is 0 Å². The van der Waals surface area contributed by atoms with Gasteiger partial charge in [0.25, 0.3) is 0 Å². The summed E-state index contributed by atoms with van der Waals surface area (Å²) >= 11 is 1.40. The number of amides is 1. The molecule has 0 radical (unpaired) electrons. The molecule has 1 N–H and O–H groups in total. The second-order valence-corrected chi connectivity index (χ2v) is 5.75. The molecule has 3 rings (SSSR count). The van der Waals surface area contributed by atoms with Crippen LogP contribution in [0.25, 0.3) is 0 Å². The molecule has 98 valence electrons. The number of aromatic nitrogens is 2. The summed E-state index contributed by atoms with van der Waals surface area (Å²) in [6, 6.07) is 0. The first-order valence-electron chi connectivity index (χ1n) is 6.68. The molecule has 1 saturated heterocycles. The molecule has 2 heterocycles. The predicted octanol–water partition coefficient (Wildman–Crippen LogP) is 1.84. The van der Waals surface area contributed by atoms with Gasteiger partial charge < -0.3 is 10.2 Å². The van der Waals surface area contributed by atoms with Gasteiger partial charge in [-0.3, -0.25) is 4.79 Å². The standard InChI is InChI=1S/C12H18N4OS/c17-10(16-7-1-2-8-16)5-6-13-12-14-11(15-18-12)9-3-4-9/h9H,1-8H2,(H,13,14,15). The smallest absolute Gasteiger partial charge is 0.224 e. The van der Waals surface area contributed by atoms with Gasteiger partial charge in [-0.1, -0.05) is 0 Å². The third-order valence-corrected chi connectivity index (χ3v) is 4.15. The highest BCUT2D eigenvalue weighted by Crippen LogP contribution is 2.39. The Morgan fingerprint density at radius 3 is 2.89 bits per heavy atom. The number of rotatable bonds is 5. The molecule has 0 spiro atoms. The van der Waals surface area contributed by atoms with Crippen LogP contribution in [0, 0.1) is 0 Å². The summed E-state index contributed by atoms with van der Waals surface area (Å²) in [5, 5.41) is 4.05.